The number of hydrogen-bond donors (Lipinski definition) is 0. The molecule has 2 aliphatic heterocycles. The molecule has 0 N–H and O–H groups in total. The predicted molar refractivity (Wildman–Crippen MR) is 124 cm³/mol. The number of carbonyl (C=O) groups excluding carboxylic acids is 2. The molecule has 166 valence electrons. The number of ketones is 1. The molecule has 0 aliphatic carbocycles. The van der Waals surface area contributed by atoms with E-state index in [-0.39, 0.29) is 5.78 Å². The standard InChI is InChI=1S/C27H25N3O3/c1-26(2,3)24(31)23-22(18-9-11-19(12-10-18)25(32)33-4)27(15-28,16-29)21-14-13-17-7-5-6-8-20(17)30(21)23/h5-14,21-23H,1-4H3/t21-,22-,23?/m1/s1. The number of hydrogen-bond acceptors (Lipinski definition) is 6. The minimum atomic E-state index is -1.50. The first-order valence-corrected chi connectivity index (χ1v) is 10.8. The van der Waals surface area contributed by atoms with Crippen LogP contribution in [0, 0.1) is 33.5 Å². The quantitative estimate of drug-likeness (QED) is 0.654. The zero-order valence-corrected chi connectivity index (χ0v) is 19.1. The smallest absolute Gasteiger partial charge is 0.337 e. The Bertz CT molecular complexity index is 1210. The van der Waals surface area contributed by atoms with Gasteiger partial charge in [-0.3, -0.25) is 4.79 Å². The molecule has 3 atom stereocenters. The molecule has 2 aromatic rings. The zero-order chi connectivity index (χ0) is 24.0. The Labute approximate surface area is 193 Å². The van der Waals surface area contributed by atoms with Gasteiger partial charge in [0.15, 0.2) is 11.2 Å². The highest BCUT2D eigenvalue weighted by molar-refractivity contribution is 5.96. The SMILES string of the molecule is COC(=O)c1ccc([C@@H]2C(C(=O)C(C)(C)C)N3c4ccccc4C=C[C@@H]3C2(C#N)C#N)cc1. The van der Waals surface area contributed by atoms with Gasteiger partial charge in [-0.1, -0.05) is 63.3 Å². The molecule has 1 saturated heterocycles. The highest BCUT2D eigenvalue weighted by atomic mass is 16.5. The number of nitriles is 2. The van der Waals surface area contributed by atoms with Gasteiger partial charge >= 0.3 is 5.97 Å². The van der Waals surface area contributed by atoms with E-state index in [2.05, 4.69) is 12.1 Å². The maximum atomic E-state index is 13.9. The first-order valence-electron chi connectivity index (χ1n) is 10.8. The van der Waals surface area contributed by atoms with Crippen molar-refractivity contribution in [2.24, 2.45) is 10.8 Å². The van der Waals surface area contributed by atoms with E-state index in [0.717, 1.165) is 11.3 Å². The van der Waals surface area contributed by atoms with Gasteiger partial charge < -0.3 is 9.64 Å². The molecule has 33 heavy (non-hydrogen) atoms. The number of nitrogens with zero attached hydrogens (tertiary/aromatic N) is 3. The average molecular weight is 440 g/mol. The van der Waals surface area contributed by atoms with Crippen molar-refractivity contribution >= 4 is 23.5 Å². The molecule has 0 bridgehead atoms. The van der Waals surface area contributed by atoms with Crippen LogP contribution in [0.1, 0.15) is 48.2 Å². The zero-order valence-electron chi connectivity index (χ0n) is 19.1. The molecule has 0 spiro atoms. The summed E-state index contributed by atoms with van der Waals surface area (Å²) in [6.07, 6.45) is 3.78. The molecule has 0 aromatic heterocycles. The summed E-state index contributed by atoms with van der Waals surface area (Å²) in [7, 11) is 1.31. The molecule has 6 nitrogen and oxygen atoms in total. The number of para-hydroxylation sites is 1. The topological polar surface area (TPSA) is 94.2 Å². The molecule has 0 radical (unpaired) electrons. The van der Waals surface area contributed by atoms with E-state index >= 15 is 0 Å². The number of Topliss-reactive ketones (excluding diaryl/α,β-unsaturated/α-hetero) is 1. The second-order valence-corrected chi connectivity index (χ2v) is 9.51. The molecule has 2 aliphatic rings. The second-order valence-electron chi connectivity index (χ2n) is 9.51. The van der Waals surface area contributed by atoms with Crippen LogP contribution in [0.15, 0.2) is 54.6 Å². The number of rotatable bonds is 3. The van der Waals surface area contributed by atoms with Crippen LogP contribution in [0.25, 0.3) is 6.08 Å². The molecule has 0 amide bonds. The van der Waals surface area contributed by atoms with Crippen LogP contribution in [-0.4, -0.2) is 30.9 Å². The van der Waals surface area contributed by atoms with Crippen molar-refractivity contribution in [2.75, 3.05) is 12.0 Å². The summed E-state index contributed by atoms with van der Waals surface area (Å²) in [6.45, 7) is 5.56. The third kappa shape index (κ3) is 3.31. The average Bonchev–Trinajstić information content (AvgIpc) is 3.13. The van der Waals surface area contributed by atoms with Crippen LogP contribution < -0.4 is 4.90 Å². The minimum Gasteiger partial charge on any atom is -0.465 e. The van der Waals surface area contributed by atoms with Gasteiger partial charge in [-0.15, -0.1) is 0 Å². The lowest BCUT2D eigenvalue weighted by atomic mass is 9.67. The second kappa shape index (κ2) is 7.90. The number of benzene rings is 2. The predicted octanol–water partition coefficient (Wildman–Crippen LogP) is 4.49. The Hall–Kier alpha value is -3.90. The van der Waals surface area contributed by atoms with Crippen LogP contribution in [0.3, 0.4) is 0 Å². The molecule has 1 fully saturated rings. The van der Waals surface area contributed by atoms with E-state index in [9.17, 15) is 20.1 Å². The fourth-order valence-electron chi connectivity index (χ4n) is 5.00. The molecular weight excluding hydrogens is 414 g/mol. The molecule has 2 heterocycles. The normalized spacial score (nSPS) is 22.5. The minimum absolute atomic E-state index is 0.0491. The third-order valence-corrected chi connectivity index (χ3v) is 6.61. The van der Waals surface area contributed by atoms with Crippen LogP contribution >= 0.6 is 0 Å². The van der Waals surface area contributed by atoms with Crippen LogP contribution in [-0.2, 0) is 9.53 Å². The highest BCUT2D eigenvalue weighted by Gasteiger charge is 2.64. The number of methoxy groups -OCH3 is 1. The van der Waals surface area contributed by atoms with Crippen molar-refractivity contribution in [1.82, 2.24) is 0 Å². The number of ether oxygens (including phenoxy) is 1. The third-order valence-electron chi connectivity index (χ3n) is 6.61. The molecule has 0 saturated carbocycles. The van der Waals surface area contributed by atoms with Crippen molar-refractivity contribution in [3.63, 3.8) is 0 Å². The summed E-state index contributed by atoms with van der Waals surface area (Å²) >= 11 is 0. The summed E-state index contributed by atoms with van der Waals surface area (Å²) in [6, 6.07) is 17.6. The number of fused-ring (bicyclic) bond motifs is 3. The lowest BCUT2D eigenvalue weighted by Crippen LogP contribution is -2.47. The van der Waals surface area contributed by atoms with E-state index in [4.69, 9.17) is 4.74 Å². The van der Waals surface area contributed by atoms with Crippen LogP contribution in [0.4, 0.5) is 5.69 Å². The van der Waals surface area contributed by atoms with Crippen LogP contribution in [0.5, 0.6) is 0 Å². The van der Waals surface area contributed by atoms with Crippen molar-refractivity contribution in [2.45, 2.75) is 38.8 Å². The molecular formula is C27H25N3O3. The summed E-state index contributed by atoms with van der Waals surface area (Å²) in [5, 5.41) is 20.8. The summed E-state index contributed by atoms with van der Waals surface area (Å²) in [5.74, 6) is -1.24. The van der Waals surface area contributed by atoms with E-state index in [1.54, 1.807) is 24.3 Å². The first kappa shape index (κ1) is 22.3. The summed E-state index contributed by atoms with van der Waals surface area (Å²) in [5.41, 5.74) is 0.593. The summed E-state index contributed by atoms with van der Waals surface area (Å²) in [4.78, 5) is 27.8. The highest BCUT2D eigenvalue weighted by Crippen LogP contribution is 2.56. The van der Waals surface area contributed by atoms with Gasteiger partial charge in [0.25, 0.3) is 0 Å². The van der Waals surface area contributed by atoms with E-state index < -0.39 is 34.8 Å². The van der Waals surface area contributed by atoms with Crippen molar-refractivity contribution in [1.29, 1.82) is 10.5 Å². The van der Waals surface area contributed by atoms with Gasteiger partial charge in [0.05, 0.1) is 36.9 Å². The van der Waals surface area contributed by atoms with Crippen LogP contribution in [0.2, 0.25) is 0 Å². The fraction of sp³-hybridized carbons (Fsp3) is 0.333. The first-order chi connectivity index (χ1) is 15.7. The van der Waals surface area contributed by atoms with E-state index in [1.165, 1.54) is 7.11 Å². The van der Waals surface area contributed by atoms with Gasteiger partial charge in [0.2, 0.25) is 0 Å². The Kier molecular flexibility index (Phi) is 5.34. The Morgan fingerprint density at radius 1 is 1.03 bits per heavy atom. The van der Waals surface area contributed by atoms with Crippen molar-refractivity contribution in [3.05, 3.63) is 71.3 Å². The van der Waals surface area contributed by atoms with E-state index in [1.807, 2.05) is 62.1 Å². The Morgan fingerprint density at radius 2 is 1.67 bits per heavy atom. The number of anilines is 1. The largest absolute Gasteiger partial charge is 0.465 e. The van der Waals surface area contributed by atoms with Gasteiger partial charge in [0, 0.05) is 17.0 Å². The molecule has 1 unspecified atom stereocenters. The maximum Gasteiger partial charge on any atom is 0.337 e. The van der Waals surface area contributed by atoms with Gasteiger partial charge in [-0.2, -0.15) is 10.5 Å². The Morgan fingerprint density at radius 3 is 2.24 bits per heavy atom. The lowest BCUT2D eigenvalue weighted by Gasteiger charge is -2.37. The Balaban J connectivity index is 1.97. The van der Waals surface area contributed by atoms with Gasteiger partial charge in [-0.25, -0.2) is 4.79 Å². The van der Waals surface area contributed by atoms with Gasteiger partial charge in [-0.05, 0) is 29.3 Å². The summed E-state index contributed by atoms with van der Waals surface area (Å²) < 4.78 is 4.79. The molecule has 6 heteroatoms. The van der Waals surface area contributed by atoms with Crippen molar-refractivity contribution in [3.8, 4) is 12.1 Å². The fourth-order valence-corrected chi connectivity index (χ4v) is 5.00. The lowest BCUT2D eigenvalue weighted by molar-refractivity contribution is -0.127. The maximum absolute atomic E-state index is 13.9. The number of carbonyl (C=O) groups is 2. The molecule has 4 rings (SSSR count). The number of esters is 1. The van der Waals surface area contributed by atoms with E-state index in [0.29, 0.717) is 11.1 Å². The van der Waals surface area contributed by atoms with Gasteiger partial charge in [0.1, 0.15) is 0 Å². The molecule has 2 aromatic carbocycles. The van der Waals surface area contributed by atoms with Crippen molar-refractivity contribution < 1.29 is 14.3 Å². The monoisotopic (exact) mass is 439 g/mol.